The molecule has 0 spiro atoms. The molecular formula is C16H19BrN2O2. The van der Waals surface area contributed by atoms with E-state index in [-0.39, 0.29) is 0 Å². The largest absolute Gasteiger partial charge is 0.497 e. The Morgan fingerprint density at radius 2 is 2.05 bits per heavy atom. The number of rotatable bonds is 7. The minimum absolute atomic E-state index is 0.745. The molecule has 2 rings (SSSR count). The fourth-order valence-corrected chi connectivity index (χ4v) is 2.27. The fourth-order valence-electron chi connectivity index (χ4n) is 1.83. The van der Waals surface area contributed by atoms with Gasteiger partial charge in [0, 0.05) is 18.8 Å². The molecule has 1 aromatic carbocycles. The summed E-state index contributed by atoms with van der Waals surface area (Å²) in [5.74, 6) is 2.30. The van der Waals surface area contributed by atoms with E-state index in [1.165, 1.54) is 0 Å². The Morgan fingerprint density at radius 1 is 1.19 bits per heavy atom. The number of pyridine rings is 1. The second-order valence-corrected chi connectivity index (χ2v) is 5.41. The van der Waals surface area contributed by atoms with Crippen LogP contribution in [0.25, 0.3) is 0 Å². The van der Waals surface area contributed by atoms with Crippen LogP contribution in [0.3, 0.4) is 0 Å². The van der Waals surface area contributed by atoms with Gasteiger partial charge in [-0.2, -0.15) is 0 Å². The molecule has 0 aliphatic carbocycles. The molecular weight excluding hydrogens is 332 g/mol. The summed E-state index contributed by atoms with van der Waals surface area (Å²) in [5.41, 5.74) is 0.964. The summed E-state index contributed by atoms with van der Waals surface area (Å²) in [4.78, 5) is 4.33. The predicted octanol–water partition coefficient (Wildman–Crippen LogP) is 4.14. The minimum atomic E-state index is 0.745. The average molecular weight is 351 g/mol. The maximum Gasteiger partial charge on any atom is 0.141 e. The van der Waals surface area contributed by atoms with E-state index in [0.717, 1.165) is 46.9 Å². The summed E-state index contributed by atoms with van der Waals surface area (Å²) in [6, 6.07) is 9.41. The summed E-state index contributed by atoms with van der Waals surface area (Å²) in [6.45, 7) is 3.87. The van der Waals surface area contributed by atoms with Crippen molar-refractivity contribution < 1.29 is 9.47 Å². The lowest BCUT2D eigenvalue weighted by Crippen LogP contribution is -2.14. The number of hydrogen-bond donors (Lipinski definition) is 1. The van der Waals surface area contributed by atoms with Crippen LogP contribution >= 0.6 is 15.9 Å². The van der Waals surface area contributed by atoms with Crippen LogP contribution in [0.15, 0.2) is 41.0 Å². The number of hydrogen-bond acceptors (Lipinski definition) is 4. The first-order valence-corrected chi connectivity index (χ1v) is 7.69. The topological polar surface area (TPSA) is 43.4 Å². The standard InChI is InChI=1S/C16H19BrN2O2/c1-3-7-18-11-12-9-14(6-8-19-12)21-16-5-4-13(20-2)10-15(16)17/h4-6,8-10,18H,3,7,11H2,1-2H3. The normalized spacial score (nSPS) is 10.4. The zero-order valence-electron chi connectivity index (χ0n) is 12.2. The molecule has 0 fully saturated rings. The molecule has 1 heterocycles. The van der Waals surface area contributed by atoms with Crippen molar-refractivity contribution in [3.05, 3.63) is 46.7 Å². The van der Waals surface area contributed by atoms with Crippen LogP contribution in [0.5, 0.6) is 17.2 Å². The van der Waals surface area contributed by atoms with E-state index in [0.29, 0.717) is 0 Å². The van der Waals surface area contributed by atoms with Gasteiger partial charge in [0.1, 0.15) is 17.2 Å². The smallest absolute Gasteiger partial charge is 0.141 e. The Labute approximate surface area is 133 Å². The summed E-state index contributed by atoms with van der Waals surface area (Å²) in [6.07, 6.45) is 2.87. The van der Waals surface area contributed by atoms with E-state index < -0.39 is 0 Å². The van der Waals surface area contributed by atoms with E-state index in [9.17, 15) is 0 Å². The number of aromatic nitrogens is 1. The van der Waals surface area contributed by atoms with Crippen molar-refractivity contribution in [3.63, 3.8) is 0 Å². The molecule has 0 amide bonds. The van der Waals surface area contributed by atoms with Crippen molar-refractivity contribution in [1.82, 2.24) is 10.3 Å². The Kier molecular flexibility index (Phi) is 6.02. The van der Waals surface area contributed by atoms with Crippen LogP contribution in [0.4, 0.5) is 0 Å². The molecule has 0 radical (unpaired) electrons. The molecule has 2 aromatic rings. The maximum atomic E-state index is 5.89. The van der Waals surface area contributed by atoms with Gasteiger partial charge in [0.2, 0.25) is 0 Å². The van der Waals surface area contributed by atoms with E-state index in [1.54, 1.807) is 13.3 Å². The van der Waals surface area contributed by atoms with Crippen LogP contribution in [-0.4, -0.2) is 18.6 Å². The fraction of sp³-hybridized carbons (Fsp3) is 0.312. The van der Waals surface area contributed by atoms with Crippen molar-refractivity contribution in [2.75, 3.05) is 13.7 Å². The maximum absolute atomic E-state index is 5.89. The first-order valence-electron chi connectivity index (χ1n) is 6.90. The molecule has 112 valence electrons. The number of ether oxygens (including phenoxy) is 2. The van der Waals surface area contributed by atoms with Crippen LogP contribution in [-0.2, 0) is 6.54 Å². The van der Waals surface area contributed by atoms with E-state index in [2.05, 4.69) is 33.2 Å². The number of benzene rings is 1. The zero-order valence-corrected chi connectivity index (χ0v) is 13.8. The van der Waals surface area contributed by atoms with Gasteiger partial charge >= 0.3 is 0 Å². The molecule has 0 aliphatic heterocycles. The average Bonchev–Trinajstić information content (AvgIpc) is 2.50. The van der Waals surface area contributed by atoms with Gasteiger partial charge in [0.15, 0.2) is 0 Å². The lowest BCUT2D eigenvalue weighted by atomic mass is 10.3. The summed E-state index contributed by atoms with van der Waals surface area (Å²) in [5, 5.41) is 3.33. The highest BCUT2D eigenvalue weighted by Gasteiger charge is 2.05. The van der Waals surface area contributed by atoms with Crippen molar-refractivity contribution >= 4 is 15.9 Å². The van der Waals surface area contributed by atoms with Gasteiger partial charge in [-0.15, -0.1) is 0 Å². The van der Waals surface area contributed by atoms with Gasteiger partial charge in [-0.3, -0.25) is 4.98 Å². The third-order valence-corrected chi connectivity index (χ3v) is 3.51. The Bertz CT molecular complexity index is 590. The zero-order chi connectivity index (χ0) is 15.1. The quantitative estimate of drug-likeness (QED) is 0.762. The molecule has 5 heteroatoms. The Hall–Kier alpha value is -1.59. The summed E-state index contributed by atoms with van der Waals surface area (Å²) in [7, 11) is 1.64. The number of nitrogens with zero attached hydrogens (tertiary/aromatic N) is 1. The molecule has 0 saturated heterocycles. The lowest BCUT2D eigenvalue weighted by molar-refractivity contribution is 0.412. The van der Waals surface area contributed by atoms with Gasteiger partial charge in [-0.25, -0.2) is 0 Å². The molecule has 21 heavy (non-hydrogen) atoms. The van der Waals surface area contributed by atoms with Crippen molar-refractivity contribution in [3.8, 4) is 17.2 Å². The molecule has 0 saturated carbocycles. The van der Waals surface area contributed by atoms with Crippen LogP contribution in [0.2, 0.25) is 0 Å². The Morgan fingerprint density at radius 3 is 2.76 bits per heavy atom. The second kappa shape index (κ2) is 8.00. The highest BCUT2D eigenvalue weighted by atomic mass is 79.9. The van der Waals surface area contributed by atoms with E-state index in [4.69, 9.17) is 9.47 Å². The summed E-state index contributed by atoms with van der Waals surface area (Å²) >= 11 is 3.48. The molecule has 0 bridgehead atoms. The molecule has 4 nitrogen and oxygen atoms in total. The van der Waals surface area contributed by atoms with Crippen molar-refractivity contribution in [1.29, 1.82) is 0 Å². The van der Waals surface area contributed by atoms with Crippen LogP contribution in [0.1, 0.15) is 19.0 Å². The van der Waals surface area contributed by atoms with E-state index in [1.807, 2.05) is 30.3 Å². The third-order valence-electron chi connectivity index (χ3n) is 2.89. The first-order chi connectivity index (χ1) is 10.2. The van der Waals surface area contributed by atoms with Gasteiger partial charge < -0.3 is 14.8 Å². The minimum Gasteiger partial charge on any atom is -0.497 e. The number of halogens is 1. The van der Waals surface area contributed by atoms with Crippen LogP contribution in [0, 0.1) is 0 Å². The van der Waals surface area contributed by atoms with Crippen molar-refractivity contribution in [2.45, 2.75) is 19.9 Å². The molecule has 1 aromatic heterocycles. The van der Waals surface area contributed by atoms with Gasteiger partial charge in [-0.05, 0) is 53.2 Å². The highest BCUT2D eigenvalue weighted by molar-refractivity contribution is 9.10. The lowest BCUT2D eigenvalue weighted by Gasteiger charge is -2.10. The first kappa shape index (κ1) is 15.8. The predicted molar refractivity (Wildman–Crippen MR) is 87.0 cm³/mol. The third kappa shape index (κ3) is 4.72. The van der Waals surface area contributed by atoms with Crippen molar-refractivity contribution in [2.24, 2.45) is 0 Å². The van der Waals surface area contributed by atoms with Gasteiger partial charge in [-0.1, -0.05) is 6.92 Å². The SMILES string of the molecule is CCCNCc1cc(Oc2ccc(OC)cc2Br)ccn1. The molecule has 0 aliphatic rings. The molecule has 0 atom stereocenters. The number of methoxy groups -OCH3 is 1. The van der Waals surface area contributed by atoms with Crippen LogP contribution < -0.4 is 14.8 Å². The second-order valence-electron chi connectivity index (χ2n) is 4.56. The van der Waals surface area contributed by atoms with Gasteiger partial charge in [0.05, 0.1) is 17.3 Å². The summed E-state index contributed by atoms with van der Waals surface area (Å²) < 4.78 is 11.9. The monoisotopic (exact) mass is 350 g/mol. The molecule has 0 unspecified atom stereocenters. The van der Waals surface area contributed by atoms with E-state index >= 15 is 0 Å². The Balaban J connectivity index is 2.07. The van der Waals surface area contributed by atoms with Gasteiger partial charge in [0.25, 0.3) is 0 Å². The molecule has 1 N–H and O–H groups in total. The number of nitrogens with one attached hydrogen (secondary N) is 1. The highest BCUT2D eigenvalue weighted by Crippen LogP contribution is 2.32.